The molecular formula is C15H14ClNO5. The van der Waals surface area contributed by atoms with Crippen molar-refractivity contribution in [1.82, 2.24) is 5.32 Å². The van der Waals surface area contributed by atoms with E-state index in [-0.39, 0.29) is 25.3 Å². The number of hydrogen-bond donors (Lipinski definition) is 2. The summed E-state index contributed by atoms with van der Waals surface area (Å²) in [5.41, 5.74) is 0. The van der Waals surface area contributed by atoms with Crippen LogP contribution in [0, 0.1) is 0 Å². The van der Waals surface area contributed by atoms with Crippen molar-refractivity contribution in [2.24, 2.45) is 0 Å². The first-order valence-corrected chi connectivity index (χ1v) is 6.89. The Bertz CT molecular complexity index is 650. The van der Waals surface area contributed by atoms with Gasteiger partial charge in [-0.1, -0.05) is 11.6 Å². The fraction of sp³-hybridized carbons (Fsp3) is 0.200. The molecule has 1 aromatic heterocycles. The average Bonchev–Trinajstić information content (AvgIpc) is 2.95. The third-order valence-electron chi connectivity index (χ3n) is 2.70. The van der Waals surface area contributed by atoms with Crippen LogP contribution in [0.15, 0.2) is 40.8 Å². The average molecular weight is 324 g/mol. The zero-order chi connectivity index (χ0) is 15.9. The second-order valence-corrected chi connectivity index (χ2v) is 4.84. The number of carbonyl (C=O) groups is 2. The highest BCUT2D eigenvalue weighted by Gasteiger charge is 2.11. The summed E-state index contributed by atoms with van der Waals surface area (Å²) in [6, 6.07) is 10.0. The summed E-state index contributed by atoms with van der Waals surface area (Å²) in [5, 5.41) is 11.6. The van der Waals surface area contributed by atoms with Crippen LogP contribution in [0.2, 0.25) is 5.02 Å². The molecule has 2 rings (SSSR count). The van der Waals surface area contributed by atoms with Crippen LogP contribution in [0.25, 0.3) is 0 Å². The first-order chi connectivity index (χ1) is 10.5. The Morgan fingerprint density at radius 3 is 2.59 bits per heavy atom. The highest BCUT2D eigenvalue weighted by Crippen LogP contribution is 2.17. The van der Waals surface area contributed by atoms with E-state index in [0.717, 1.165) is 0 Å². The van der Waals surface area contributed by atoms with Gasteiger partial charge in [0.2, 0.25) is 0 Å². The lowest BCUT2D eigenvalue weighted by Crippen LogP contribution is -2.25. The Labute approximate surface area is 131 Å². The van der Waals surface area contributed by atoms with Gasteiger partial charge in [0.15, 0.2) is 5.76 Å². The molecule has 0 saturated carbocycles. The van der Waals surface area contributed by atoms with Crippen LogP contribution < -0.4 is 10.1 Å². The fourth-order valence-electron chi connectivity index (χ4n) is 1.63. The molecule has 0 spiro atoms. The second-order valence-electron chi connectivity index (χ2n) is 4.41. The predicted octanol–water partition coefficient (Wildman–Crippen LogP) is 2.72. The lowest BCUT2D eigenvalue weighted by molar-refractivity contribution is -0.136. The van der Waals surface area contributed by atoms with Crippen LogP contribution in [0.1, 0.15) is 22.7 Å². The maximum absolute atomic E-state index is 11.7. The van der Waals surface area contributed by atoms with E-state index < -0.39 is 11.9 Å². The first-order valence-electron chi connectivity index (χ1n) is 6.51. The van der Waals surface area contributed by atoms with Gasteiger partial charge in [0.05, 0.1) is 6.42 Å². The summed E-state index contributed by atoms with van der Waals surface area (Å²) >= 11 is 5.77. The lowest BCUT2D eigenvalue weighted by atomic mass is 10.3. The van der Waals surface area contributed by atoms with Crippen molar-refractivity contribution in [3.8, 4) is 5.75 Å². The molecule has 0 bridgehead atoms. The van der Waals surface area contributed by atoms with Gasteiger partial charge < -0.3 is 19.6 Å². The van der Waals surface area contributed by atoms with Crippen molar-refractivity contribution in [2.75, 3.05) is 6.54 Å². The Balaban J connectivity index is 1.84. The van der Waals surface area contributed by atoms with Gasteiger partial charge in [-0.15, -0.1) is 0 Å². The highest BCUT2D eigenvalue weighted by atomic mass is 35.5. The third-order valence-corrected chi connectivity index (χ3v) is 2.96. The van der Waals surface area contributed by atoms with Gasteiger partial charge >= 0.3 is 5.97 Å². The second kappa shape index (κ2) is 7.51. The van der Waals surface area contributed by atoms with Crippen LogP contribution >= 0.6 is 11.6 Å². The Hall–Kier alpha value is -2.47. The molecule has 22 heavy (non-hydrogen) atoms. The molecule has 7 heteroatoms. The zero-order valence-corrected chi connectivity index (χ0v) is 12.3. The van der Waals surface area contributed by atoms with Crippen molar-refractivity contribution in [3.63, 3.8) is 0 Å². The first kappa shape index (κ1) is 15.9. The molecule has 0 aliphatic heterocycles. The smallest absolute Gasteiger partial charge is 0.305 e. The van der Waals surface area contributed by atoms with Gasteiger partial charge in [0, 0.05) is 11.6 Å². The molecule has 0 unspecified atom stereocenters. The van der Waals surface area contributed by atoms with Crippen molar-refractivity contribution >= 4 is 23.5 Å². The molecule has 116 valence electrons. The van der Waals surface area contributed by atoms with Crippen LogP contribution in [0.5, 0.6) is 5.75 Å². The largest absolute Gasteiger partial charge is 0.486 e. The van der Waals surface area contributed by atoms with E-state index in [1.807, 2.05) is 0 Å². The molecule has 2 N–H and O–H groups in total. The molecule has 0 saturated heterocycles. The summed E-state index contributed by atoms with van der Waals surface area (Å²) in [4.78, 5) is 22.1. The molecule has 0 aliphatic rings. The van der Waals surface area contributed by atoms with E-state index in [9.17, 15) is 9.59 Å². The molecule has 0 atom stereocenters. The molecule has 1 heterocycles. The Kier molecular flexibility index (Phi) is 5.43. The monoisotopic (exact) mass is 323 g/mol. The maximum Gasteiger partial charge on any atom is 0.305 e. The summed E-state index contributed by atoms with van der Waals surface area (Å²) < 4.78 is 10.8. The number of nitrogens with one attached hydrogen (secondary N) is 1. The number of aliphatic carboxylic acids is 1. The molecule has 0 aliphatic carbocycles. The van der Waals surface area contributed by atoms with Gasteiger partial charge in [-0.25, -0.2) is 0 Å². The van der Waals surface area contributed by atoms with Crippen molar-refractivity contribution < 1.29 is 23.8 Å². The van der Waals surface area contributed by atoms with Crippen LogP contribution in [-0.2, 0) is 11.4 Å². The van der Waals surface area contributed by atoms with Gasteiger partial charge in [-0.05, 0) is 36.4 Å². The number of carboxylic acid groups (broad SMARTS) is 1. The van der Waals surface area contributed by atoms with Crippen LogP contribution in [0.4, 0.5) is 0 Å². The summed E-state index contributed by atoms with van der Waals surface area (Å²) in [5.74, 6) is -0.206. The van der Waals surface area contributed by atoms with Gasteiger partial charge in [0.1, 0.15) is 18.1 Å². The Morgan fingerprint density at radius 2 is 1.91 bits per heavy atom. The van der Waals surface area contributed by atoms with Crippen molar-refractivity contribution in [3.05, 3.63) is 52.9 Å². The normalized spacial score (nSPS) is 10.2. The molecule has 1 amide bonds. The minimum Gasteiger partial charge on any atom is -0.486 e. The number of carbonyl (C=O) groups excluding carboxylic acids is 1. The minimum absolute atomic E-state index is 0.0471. The van der Waals surface area contributed by atoms with E-state index in [4.69, 9.17) is 25.9 Å². The van der Waals surface area contributed by atoms with Gasteiger partial charge in [-0.3, -0.25) is 9.59 Å². The quantitative estimate of drug-likeness (QED) is 0.817. The van der Waals surface area contributed by atoms with E-state index in [2.05, 4.69) is 5.32 Å². The number of halogens is 1. The van der Waals surface area contributed by atoms with Crippen LogP contribution in [0.3, 0.4) is 0 Å². The van der Waals surface area contributed by atoms with Crippen molar-refractivity contribution in [2.45, 2.75) is 13.0 Å². The van der Waals surface area contributed by atoms with E-state index in [1.165, 1.54) is 6.07 Å². The third kappa shape index (κ3) is 4.82. The Morgan fingerprint density at radius 1 is 1.18 bits per heavy atom. The van der Waals surface area contributed by atoms with Crippen molar-refractivity contribution in [1.29, 1.82) is 0 Å². The maximum atomic E-state index is 11.7. The van der Waals surface area contributed by atoms with Crippen LogP contribution in [-0.4, -0.2) is 23.5 Å². The molecule has 1 aromatic carbocycles. The predicted molar refractivity (Wildman–Crippen MR) is 79.1 cm³/mol. The van der Waals surface area contributed by atoms with E-state index >= 15 is 0 Å². The van der Waals surface area contributed by atoms with Gasteiger partial charge in [0.25, 0.3) is 5.91 Å². The minimum atomic E-state index is -0.975. The number of rotatable bonds is 7. The SMILES string of the molecule is O=C(O)CCNC(=O)c1ccc(COc2ccc(Cl)cc2)o1. The number of amides is 1. The number of ether oxygens (including phenoxy) is 1. The molecule has 2 aromatic rings. The summed E-state index contributed by atoms with van der Waals surface area (Å²) in [7, 11) is 0. The number of hydrogen-bond acceptors (Lipinski definition) is 4. The van der Waals surface area contributed by atoms with E-state index in [1.54, 1.807) is 30.3 Å². The standard InChI is InChI=1S/C15H14ClNO5/c16-10-1-3-11(4-2-10)21-9-12-5-6-13(22-12)15(20)17-8-7-14(18)19/h1-6H,7-9H2,(H,17,20)(H,18,19). The number of carboxylic acids is 1. The summed E-state index contributed by atoms with van der Waals surface area (Å²) in [6.45, 7) is 0.218. The highest BCUT2D eigenvalue weighted by molar-refractivity contribution is 6.30. The molecule has 0 radical (unpaired) electrons. The fourth-order valence-corrected chi connectivity index (χ4v) is 1.76. The summed E-state index contributed by atoms with van der Waals surface area (Å²) in [6.07, 6.45) is -0.140. The van der Waals surface area contributed by atoms with Gasteiger partial charge in [-0.2, -0.15) is 0 Å². The molecule has 6 nitrogen and oxygen atoms in total. The molecule has 0 fully saturated rings. The number of benzene rings is 1. The molecular weight excluding hydrogens is 310 g/mol. The number of furan rings is 1. The topological polar surface area (TPSA) is 88.8 Å². The van der Waals surface area contributed by atoms with E-state index in [0.29, 0.717) is 16.5 Å². The lowest BCUT2D eigenvalue weighted by Gasteiger charge is -2.04. The zero-order valence-electron chi connectivity index (χ0n) is 11.5.